The summed E-state index contributed by atoms with van der Waals surface area (Å²) in [4.78, 5) is 13.4. The summed E-state index contributed by atoms with van der Waals surface area (Å²) in [7, 11) is 1.65. The summed E-state index contributed by atoms with van der Waals surface area (Å²) in [5.41, 5.74) is 1.16. The summed E-state index contributed by atoms with van der Waals surface area (Å²) in [6, 6.07) is 7.77. The maximum Gasteiger partial charge on any atom is 0.320 e. The smallest absolute Gasteiger partial charge is 0.320 e. The minimum Gasteiger partial charge on any atom is -0.497 e. The summed E-state index contributed by atoms with van der Waals surface area (Å²) >= 11 is 0. The Labute approximate surface area is 114 Å². The van der Waals surface area contributed by atoms with Crippen LogP contribution in [0.2, 0.25) is 0 Å². The van der Waals surface area contributed by atoms with Crippen LogP contribution in [0.5, 0.6) is 5.75 Å². The molecule has 1 aliphatic rings. The molecular formula is C15H21NO3. The molecule has 1 aromatic carbocycles. The lowest BCUT2D eigenvalue weighted by Gasteiger charge is -2.30. The van der Waals surface area contributed by atoms with Gasteiger partial charge in [-0.2, -0.15) is 0 Å². The quantitative estimate of drug-likeness (QED) is 0.887. The van der Waals surface area contributed by atoms with Crippen LogP contribution in [0.25, 0.3) is 0 Å². The van der Waals surface area contributed by atoms with E-state index in [1.807, 2.05) is 24.3 Å². The zero-order valence-corrected chi connectivity index (χ0v) is 11.5. The van der Waals surface area contributed by atoms with Crippen molar-refractivity contribution in [2.24, 2.45) is 0 Å². The number of carbonyl (C=O) groups is 1. The largest absolute Gasteiger partial charge is 0.497 e. The van der Waals surface area contributed by atoms with Crippen molar-refractivity contribution >= 4 is 5.97 Å². The number of carboxylic acids is 1. The second-order valence-corrected chi connectivity index (χ2v) is 4.93. The van der Waals surface area contributed by atoms with Crippen LogP contribution < -0.4 is 4.74 Å². The third-order valence-electron chi connectivity index (χ3n) is 3.87. The van der Waals surface area contributed by atoms with E-state index in [-0.39, 0.29) is 12.1 Å². The number of methoxy groups -OCH3 is 1. The lowest BCUT2D eigenvalue weighted by Crippen LogP contribution is -2.38. The van der Waals surface area contributed by atoms with E-state index in [1.165, 1.54) is 0 Å². The summed E-state index contributed by atoms with van der Waals surface area (Å²) in [6.07, 6.45) is 2.63. The normalized spacial score (nSPS) is 21.3. The molecular weight excluding hydrogens is 242 g/mol. The Hall–Kier alpha value is -1.55. The van der Waals surface area contributed by atoms with Crippen LogP contribution in [-0.2, 0) is 4.79 Å². The molecule has 104 valence electrons. The van der Waals surface area contributed by atoms with Crippen molar-refractivity contribution in [3.63, 3.8) is 0 Å². The Morgan fingerprint density at radius 3 is 2.68 bits per heavy atom. The number of aliphatic carboxylic acids is 1. The SMILES string of the molecule is CCC(c1ccc(OC)cc1)N1CCCC1C(=O)O. The average molecular weight is 263 g/mol. The number of hydrogen-bond donors (Lipinski definition) is 1. The molecule has 0 aromatic heterocycles. The minimum absolute atomic E-state index is 0.175. The first-order chi connectivity index (χ1) is 9.17. The molecule has 4 heteroatoms. The molecule has 2 unspecified atom stereocenters. The molecule has 0 bridgehead atoms. The number of hydrogen-bond acceptors (Lipinski definition) is 3. The molecule has 0 aliphatic carbocycles. The number of likely N-dealkylation sites (tertiary alicyclic amines) is 1. The number of benzene rings is 1. The van der Waals surface area contributed by atoms with Gasteiger partial charge in [0.1, 0.15) is 11.8 Å². The van der Waals surface area contributed by atoms with E-state index in [1.54, 1.807) is 7.11 Å². The Balaban J connectivity index is 2.20. The van der Waals surface area contributed by atoms with Crippen molar-refractivity contribution in [2.45, 2.75) is 38.3 Å². The molecule has 0 saturated carbocycles. The lowest BCUT2D eigenvalue weighted by atomic mass is 10.0. The first-order valence-electron chi connectivity index (χ1n) is 6.80. The highest BCUT2D eigenvalue weighted by Gasteiger charge is 2.35. The van der Waals surface area contributed by atoms with Gasteiger partial charge in [-0.15, -0.1) is 0 Å². The van der Waals surface area contributed by atoms with E-state index in [0.717, 1.165) is 37.1 Å². The number of carboxylic acid groups (broad SMARTS) is 1. The molecule has 2 atom stereocenters. The van der Waals surface area contributed by atoms with Crippen LogP contribution in [0.15, 0.2) is 24.3 Å². The average Bonchev–Trinajstić information content (AvgIpc) is 2.90. The zero-order valence-electron chi connectivity index (χ0n) is 11.5. The van der Waals surface area contributed by atoms with Gasteiger partial charge in [-0.25, -0.2) is 0 Å². The Kier molecular flexibility index (Phi) is 4.43. The van der Waals surface area contributed by atoms with Crippen LogP contribution in [0, 0.1) is 0 Å². The molecule has 0 amide bonds. The third kappa shape index (κ3) is 2.89. The van der Waals surface area contributed by atoms with E-state index < -0.39 is 5.97 Å². The van der Waals surface area contributed by atoms with Gasteiger partial charge in [-0.3, -0.25) is 9.69 Å². The Morgan fingerprint density at radius 2 is 2.16 bits per heavy atom. The first kappa shape index (κ1) is 13.9. The summed E-state index contributed by atoms with van der Waals surface area (Å²) in [5, 5.41) is 9.30. The van der Waals surface area contributed by atoms with Gasteiger partial charge in [-0.1, -0.05) is 19.1 Å². The predicted octanol–water partition coefficient (Wildman–Crippen LogP) is 2.70. The molecule has 1 aliphatic heterocycles. The first-order valence-corrected chi connectivity index (χ1v) is 6.80. The van der Waals surface area contributed by atoms with Gasteiger partial charge in [0, 0.05) is 6.04 Å². The van der Waals surface area contributed by atoms with Gasteiger partial charge in [0.25, 0.3) is 0 Å². The van der Waals surface area contributed by atoms with E-state index in [0.29, 0.717) is 0 Å². The van der Waals surface area contributed by atoms with Gasteiger partial charge in [0.2, 0.25) is 0 Å². The van der Waals surface area contributed by atoms with Crippen LogP contribution >= 0.6 is 0 Å². The maximum absolute atomic E-state index is 11.3. The number of nitrogens with zero attached hydrogens (tertiary/aromatic N) is 1. The topological polar surface area (TPSA) is 49.8 Å². The van der Waals surface area contributed by atoms with E-state index >= 15 is 0 Å². The molecule has 1 fully saturated rings. The van der Waals surface area contributed by atoms with Crippen molar-refractivity contribution in [3.8, 4) is 5.75 Å². The molecule has 1 N–H and O–H groups in total. The molecule has 1 aromatic rings. The summed E-state index contributed by atoms with van der Waals surface area (Å²) in [5.74, 6) is 0.124. The van der Waals surface area contributed by atoms with Crippen molar-refractivity contribution in [1.82, 2.24) is 4.90 Å². The van der Waals surface area contributed by atoms with Crippen molar-refractivity contribution < 1.29 is 14.6 Å². The molecule has 0 radical (unpaired) electrons. The molecule has 0 spiro atoms. The predicted molar refractivity (Wildman–Crippen MR) is 73.4 cm³/mol. The van der Waals surface area contributed by atoms with Gasteiger partial charge in [0.05, 0.1) is 7.11 Å². The second-order valence-electron chi connectivity index (χ2n) is 4.93. The third-order valence-corrected chi connectivity index (χ3v) is 3.87. The second kappa shape index (κ2) is 6.06. The number of rotatable bonds is 5. The summed E-state index contributed by atoms with van der Waals surface area (Å²) in [6.45, 7) is 2.97. The van der Waals surface area contributed by atoms with Gasteiger partial charge in [-0.05, 0) is 43.5 Å². The Bertz CT molecular complexity index is 430. The minimum atomic E-state index is -0.704. The monoisotopic (exact) mass is 263 g/mol. The fourth-order valence-electron chi connectivity index (χ4n) is 2.91. The Morgan fingerprint density at radius 1 is 1.47 bits per heavy atom. The maximum atomic E-state index is 11.3. The highest BCUT2D eigenvalue weighted by Crippen LogP contribution is 2.32. The molecule has 19 heavy (non-hydrogen) atoms. The molecule has 1 saturated heterocycles. The van der Waals surface area contributed by atoms with Crippen LogP contribution in [-0.4, -0.2) is 35.7 Å². The lowest BCUT2D eigenvalue weighted by molar-refractivity contribution is -0.143. The zero-order chi connectivity index (χ0) is 13.8. The highest BCUT2D eigenvalue weighted by atomic mass is 16.5. The number of ether oxygens (including phenoxy) is 1. The highest BCUT2D eigenvalue weighted by molar-refractivity contribution is 5.73. The molecule has 4 nitrogen and oxygen atoms in total. The van der Waals surface area contributed by atoms with Crippen molar-refractivity contribution in [3.05, 3.63) is 29.8 Å². The van der Waals surface area contributed by atoms with Gasteiger partial charge >= 0.3 is 5.97 Å². The molecule has 2 rings (SSSR count). The van der Waals surface area contributed by atoms with Gasteiger partial charge in [0.15, 0.2) is 0 Å². The van der Waals surface area contributed by atoms with E-state index in [4.69, 9.17) is 4.74 Å². The molecule has 1 heterocycles. The standard InChI is InChI=1S/C15H21NO3/c1-3-13(11-6-8-12(19-2)9-7-11)16-10-4-5-14(16)15(17)18/h6-9,13-14H,3-5,10H2,1-2H3,(H,17,18). The fraction of sp³-hybridized carbons (Fsp3) is 0.533. The van der Waals surface area contributed by atoms with Crippen LogP contribution in [0.3, 0.4) is 0 Å². The van der Waals surface area contributed by atoms with Gasteiger partial charge < -0.3 is 9.84 Å². The summed E-state index contributed by atoms with van der Waals surface area (Å²) < 4.78 is 5.16. The van der Waals surface area contributed by atoms with Crippen molar-refractivity contribution in [1.29, 1.82) is 0 Å². The van der Waals surface area contributed by atoms with Crippen molar-refractivity contribution in [2.75, 3.05) is 13.7 Å². The fourth-order valence-corrected chi connectivity index (χ4v) is 2.91. The van der Waals surface area contributed by atoms with Crippen LogP contribution in [0.1, 0.15) is 37.8 Å². The van der Waals surface area contributed by atoms with Crippen LogP contribution in [0.4, 0.5) is 0 Å². The van der Waals surface area contributed by atoms with E-state index in [9.17, 15) is 9.90 Å². The van der Waals surface area contributed by atoms with E-state index in [2.05, 4.69) is 11.8 Å².